The maximum absolute atomic E-state index is 13.5. The standard InChI is InChI=1S/C32H33N5O6.2ClH/c1-22(38)43-30(27(39)15-10-18-42-29-16-8-9-17-34-29)26(19-23-11-4-2-5-12-23)36-28(40)21-37-31(24-13-6-3-7-14-24)35-20-25(33)32(37)41;;/h2-9,11-14,16-17,20,26,30H,10,15,18-19,21,33H2,1H3,(H,36,40);2*1H/t26-,30+;;/m0../s1. The minimum atomic E-state index is -1.28. The molecule has 2 aromatic heterocycles. The van der Waals surface area contributed by atoms with E-state index in [4.69, 9.17) is 15.2 Å². The van der Waals surface area contributed by atoms with Gasteiger partial charge in [0.05, 0.1) is 18.8 Å². The van der Waals surface area contributed by atoms with Crippen LogP contribution >= 0.6 is 24.8 Å². The molecular weight excluding hydrogens is 621 g/mol. The van der Waals surface area contributed by atoms with Crippen molar-refractivity contribution < 1.29 is 23.9 Å². The summed E-state index contributed by atoms with van der Waals surface area (Å²) in [6, 6.07) is 22.4. The molecular formula is C32H35Cl2N5O6. The molecule has 2 atom stereocenters. The number of carbonyl (C=O) groups excluding carboxylic acids is 3. The molecule has 2 aromatic carbocycles. The van der Waals surface area contributed by atoms with Crippen molar-refractivity contribution in [3.05, 3.63) is 107 Å². The highest BCUT2D eigenvalue weighted by atomic mass is 35.5. The van der Waals surface area contributed by atoms with Crippen LogP contribution in [-0.2, 0) is 32.1 Å². The first-order valence-electron chi connectivity index (χ1n) is 13.8. The van der Waals surface area contributed by atoms with Gasteiger partial charge in [0, 0.05) is 31.2 Å². The fourth-order valence-electron chi connectivity index (χ4n) is 4.52. The normalized spacial score (nSPS) is 11.6. The van der Waals surface area contributed by atoms with Crippen LogP contribution in [0.15, 0.2) is 96.1 Å². The van der Waals surface area contributed by atoms with E-state index >= 15 is 0 Å². The summed E-state index contributed by atoms with van der Waals surface area (Å²) in [5.74, 6) is -0.945. The van der Waals surface area contributed by atoms with Crippen molar-refractivity contribution in [3.8, 4) is 17.3 Å². The summed E-state index contributed by atoms with van der Waals surface area (Å²) in [5, 5.41) is 2.84. The number of nitrogens with one attached hydrogen (secondary N) is 1. The Bertz CT molecular complexity index is 1590. The lowest BCUT2D eigenvalue weighted by Gasteiger charge is -2.27. The van der Waals surface area contributed by atoms with E-state index in [2.05, 4.69) is 15.3 Å². The van der Waals surface area contributed by atoms with Crippen molar-refractivity contribution in [1.29, 1.82) is 0 Å². The topological polar surface area (TPSA) is 156 Å². The second-order valence-corrected chi connectivity index (χ2v) is 9.77. The first-order chi connectivity index (χ1) is 20.8. The fourth-order valence-corrected chi connectivity index (χ4v) is 4.52. The van der Waals surface area contributed by atoms with Crippen molar-refractivity contribution in [3.63, 3.8) is 0 Å². The Labute approximate surface area is 273 Å². The van der Waals surface area contributed by atoms with E-state index in [9.17, 15) is 19.2 Å². The lowest BCUT2D eigenvalue weighted by atomic mass is 9.96. The third-order valence-corrected chi connectivity index (χ3v) is 6.48. The zero-order valence-corrected chi connectivity index (χ0v) is 26.2. The van der Waals surface area contributed by atoms with Crippen molar-refractivity contribution >= 4 is 48.2 Å². The number of nitrogens with two attached hydrogens (primary N) is 1. The number of Topliss-reactive ketones (excluding diaryl/α,β-unsaturated/α-hetero) is 1. The summed E-state index contributed by atoms with van der Waals surface area (Å²) in [4.78, 5) is 60.4. The molecule has 0 saturated heterocycles. The first-order valence-corrected chi connectivity index (χ1v) is 13.8. The number of nitrogen functional groups attached to an aromatic ring is 1. The van der Waals surface area contributed by atoms with E-state index in [1.165, 1.54) is 17.7 Å². The predicted molar refractivity (Wildman–Crippen MR) is 174 cm³/mol. The quantitative estimate of drug-likeness (QED) is 0.152. The van der Waals surface area contributed by atoms with E-state index in [-0.39, 0.29) is 61.6 Å². The second kappa shape index (κ2) is 18.2. The minimum absolute atomic E-state index is 0. The van der Waals surface area contributed by atoms with Crippen molar-refractivity contribution in [2.75, 3.05) is 12.3 Å². The van der Waals surface area contributed by atoms with E-state index in [0.717, 1.165) is 5.56 Å². The Morgan fingerprint density at radius 2 is 1.60 bits per heavy atom. The lowest BCUT2D eigenvalue weighted by Crippen LogP contribution is -2.51. The maximum Gasteiger partial charge on any atom is 0.303 e. The van der Waals surface area contributed by atoms with Gasteiger partial charge in [-0.3, -0.25) is 23.7 Å². The highest BCUT2D eigenvalue weighted by Crippen LogP contribution is 2.17. The zero-order valence-electron chi connectivity index (χ0n) is 24.5. The van der Waals surface area contributed by atoms with E-state index in [0.29, 0.717) is 17.9 Å². The van der Waals surface area contributed by atoms with Gasteiger partial charge < -0.3 is 20.5 Å². The molecule has 0 radical (unpaired) electrons. The van der Waals surface area contributed by atoms with Crippen molar-refractivity contribution in [2.24, 2.45) is 0 Å². The van der Waals surface area contributed by atoms with Crippen LogP contribution in [0.1, 0.15) is 25.3 Å². The average molecular weight is 657 g/mol. The van der Waals surface area contributed by atoms with Gasteiger partial charge in [-0.05, 0) is 24.5 Å². The number of anilines is 1. The number of esters is 1. The average Bonchev–Trinajstić information content (AvgIpc) is 3.01. The van der Waals surface area contributed by atoms with Gasteiger partial charge in [-0.1, -0.05) is 66.7 Å². The van der Waals surface area contributed by atoms with Gasteiger partial charge in [-0.2, -0.15) is 0 Å². The molecule has 0 aliphatic heterocycles. The zero-order chi connectivity index (χ0) is 30.6. The van der Waals surface area contributed by atoms with E-state index < -0.39 is 36.1 Å². The molecule has 4 aromatic rings. The van der Waals surface area contributed by atoms with Gasteiger partial charge in [0.15, 0.2) is 11.9 Å². The molecule has 0 aliphatic rings. The number of rotatable bonds is 14. The van der Waals surface area contributed by atoms with Gasteiger partial charge in [0.1, 0.15) is 18.1 Å². The number of benzene rings is 2. The first kappa shape index (κ1) is 36.5. The number of ketones is 1. The summed E-state index contributed by atoms with van der Waals surface area (Å²) in [6.45, 7) is 1.00. The van der Waals surface area contributed by atoms with Gasteiger partial charge in [0.25, 0.3) is 5.56 Å². The van der Waals surface area contributed by atoms with E-state index in [1.807, 2.05) is 36.4 Å². The van der Waals surface area contributed by atoms with Crippen LogP contribution < -0.4 is 21.3 Å². The fraction of sp³-hybridized carbons (Fsp3) is 0.250. The number of nitrogens with zero attached hydrogens (tertiary/aromatic N) is 3. The highest BCUT2D eigenvalue weighted by molar-refractivity contribution is 5.87. The Morgan fingerprint density at radius 3 is 2.24 bits per heavy atom. The summed E-state index contributed by atoms with van der Waals surface area (Å²) in [6.07, 6.45) is 2.14. The van der Waals surface area contributed by atoms with Crippen LogP contribution in [0, 0.1) is 0 Å². The number of ether oxygens (including phenoxy) is 2. The Kier molecular flexibility index (Phi) is 14.7. The summed E-state index contributed by atoms with van der Waals surface area (Å²) in [5.41, 5.74) is 6.57. The third-order valence-electron chi connectivity index (χ3n) is 6.48. The van der Waals surface area contributed by atoms with Gasteiger partial charge in [-0.15, -0.1) is 24.8 Å². The van der Waals surface area contributed by atoms with Crippen LogP contribution in [0.3, 0.4) is 0 Å². The molecule has 238 valence electrons. The molecule has 13 heteroatoms. The molecule has 0 saturated carbocycles. The minimum Gasteiger partial charge on any atom is -0.478 e. The highest BCUT2D eigenvalue weighted by Gasteiger charge is 2.32. The van der Waals surface area contributed by atoms with Crippen LogP contribution in [-0.4, -0.2) is 50.9 Å². The summed E-state index contributed by atoms with van der Waals surface area (Å²) >= 11 is 0. The Morgan fingerprint density at radius 1 is 0.933 bits per heavy atom. The van der Waals surface area contributed by atoms with E-state index in [1.54, 1.807) is 48.7 Å². The SMILES string of the molecule is CC(=O)O[C@@H](C(=O)CCCOc1ccccn1)[C@H](Cc1ccccc1)NC(=O)Cn1c(-c2ccccc2)ncc(N)c1=O.Cl.Cl. The molecule has 0 aliphatic carbocycles. The number of pyridine rings is 1. The Balaban J connectivity index is 0.00000353. The predicted octanol–water partition coefficient (Wildman–Crippen LogP) is 3.82. The largest absolute Gasteiger partial charge is 0.478 e. The summed E-state index contributed by atoms with van der Waals surface area (Å²) in [7, 11) is 0. The second-order valence-electron chi connectivity index (χ2n) is 9.77. The molecule has 0 unspecified atom stereocenters. The lowest BCUT2D eigenvalue weighted by molar-refractivity contribution is -0.155. The number of hydrogen-bond donors (Lipinski definition) is 2. The molecule has 0 spiro atoms. The molecule has 2 heterocycles. The number of carbonyl (C=O) groups is 3. The van der Waals surface area contributed by atoms with Crippen molar-refractivity contribution in [1.82, 2.24) is 19.9 Å². The molecule has 4 rings (SSSR count). The molecule has 3 N–H and O–H groups in total. The third kappa shape index (κ3) is 10.7. The van der Waals surface area contributed by atoms with Crippen molar-refractivity contribution in [2.45, 2.75) is 44.9 Å². The molecule has 1 amide bonds. The van der Waals surface area contributed by atoms with Crippen LogP contribution in [0.5, 0.6) is 5.88 Å². The number of halogens is 2. The van der Waals surface area contributed by atoms with Crippen LogP contribution in [0.2, 0.25) is 0 Å². The molecule has 0 bridgehead atoms. The molecule has 11 nitrogen and oxygen atoms in total. The monoisotopic (exact) mass is 655 g/mol. The number of amides is 1. The summed E-state index contributed by atoms with van der Waals surface area (Å²) < 4.78 is 12.3. The number of aromatic nitrogens is 3. The molecule has 0 fully saturated rings. The van der Waals surface area contributed by atoms with Crippen LogP contribution in [0.25, 0.3) is 11.4 Å². The van der Waals surface area contributed by atoms with Gasteiger partial charge in [0.2, 0.25) is 11.8 Å². The number of hydrogen-bond acceptors (Lipinski definition) is 9. The maximum atomic E-state index is 13.5. The molecule has 45 heavy (non-hydrogen) atoms. The Hall–Kier alpha value is -4.74. The smallest absolute Gasteiger partial charge is 0.303 e. The van der Waals surface area contributed by atoms with Gasteiger partial charge in [-0.25, -0.2) is 9.97 Å². The van der Waals surface area contributed by atoms with Crippen LogP contribution in [0.4, 0.5) is 5.69 Å². The van der Waals surface area contributed by atoms with Gasteiger partial charge >= 0.3 is 5.97 Å².